The molecule has 0 saturated heterocycles. The summed E-state index contributed by atoms with van der Waals surface area (Å²) in [6, 6.07) is 0. The number of carbonyl (C=O) groups is 1. The van der Waals surface area contributed by atoms with E-state index in [-0.39, 0.29) is 12.7 Å². The lowest BCUT2D eigenvalue weighted by Crippen LogP contribution is -2.33. The summed E-state index contributed by atoms with van der Waals surface area (Å²) in [4.78, 5) is 11.3. The zero-order valence-electron chi connectivity index (χ0n) is 12.5. The van der Waals surface area contributed by atoms with Crippen LogP contribution in [0.2, 0.25) is 0 Å². The van der Waals surface area contributed by atoms with Gasteiger partial charge in [-0.15, -0.1) is 0 Å². The van der Waals surface area contributed by atoms with Gasteiger partial charge in [-0.25, -0.2) is 4.79 Å². The molecule has 1 amide bonds. The van der Waals surface area contributed by atoms with E-state index >= 15 is 0 Å². The van der Waals surface area contributed by atoms with Crippen LogP contribution in [-0.4, -0.2) is 30.0 Å². The Morgan fingerprint density at radius 2 is 1.89 bits per heavy atom. The highest BCUT2D eigenvalue weighted by Crippen LogP contribution is 2.17. The quantitative estimate of drug-likeness (QED) is 0.691. The molecular formula is C14H29NO3. The van der Waals surface area contributed by atoms with Gasteiger partial charge in [0.1, 0.15) is 5.60 Å². The summed E-state index contributed by atoms with van der Waals surface area (Å²) in [6.07, 6.45) is 2.58. The zero-order valence-corrected chi connectivity index (χ0v) is 12.5. The molecule has 0 aliphatic rings. The highest BCUT2D eigenvalue weighted by atomic mass is 16.6. The number of ether oxygens (including phenoxy) is 1. The predicted octanol–water partition coefficient (Wildman–Crippen LogP) is 2.95. The maximum atomic E-state index is 11.3. The number of aliphatic hydroxyl groups excluding tert-OH is 1. The van der Waals surface area contributed by atoms with Crippen molar-refractivity contribution in [3.8, 4) is 0 Å². The number of alkyl carbamates (subject to hydrolysis) is 1. The summed E-state index contributed by atoms with van der Waals surface area (Å²) in [5.74, 6) is 0.875. The number of hydrogen-bond acceptors (Lipinski definition) is 3. The molecule has 4 heteroatoms. The van der Waals surface area contributed by atoms with E-state index in [1.807, 2.05) is 20.8 Å². The molecule has 0 radical (unpaired) electrons. The van der Waals surface area contributed by atoms with E-state index in [0.717, 1.165) is 19.3 Å². The van der Waals surface area contributed by atoms with Crippen molar-refractivity contribution in [2.45, 2.75) is 59.5 Å². The average Bonchev–Trinajstić information content (AvgIpc) is 2.20. The van der Waals surface area contributed by atoms with E-state index in [2.05, 4.69) is 19.2 Å². The molecule has 1 atom stereocenters. The molecule has 0 saturated carbocycles. The second-order valence-corrected chi connectivity index (χ2v) is 6.11. The first-order chi connectivity index (χ1) is 8.26. The molecular weight excluding hydrogens is 230 g/mol. The number of nitrogens with one attached hydrogen (secondary N) is 1. The lowest BCUT2D eigenvalue weighted by molar-refractivity contribution is 0.0526. The van der Waals surface area contributed by atoms with Crippen molar-refractivity contribution in [2.24, 2.45) is 11.8 Å². The number of amides is 1. The normalized spacial score (nSPS) is 13.5. The third-order valence-corrected chi connectivity index (χ3v) is 2.85. The molecule has 0 aliphatic carbocycles. The van der Waals surface area contributed by atoms with Gasteiger partial charge in [-0.1, -0.05) is 20.3 Å². The average molecular weight is 259 g/mol. The molecule has 18 heavy (non-hydrogen) atoms. The number of aliphatic hydroxyl groups is 1. The monoisotopic (exact) mass is 259 g/mol. The first kappa shape index (κ1) is 17.2. The molecule has 0 aromatic heterocycles. The van der Waals surface area contributed by atoms with Gasteiger partial charge in [0.25, 0.3) is 0 Å². The van der Waals surface area contributed by atoms with E-state index in [1.165, 1.54) is 0 Å². The van der Waals surface area contributed by atoms with Gasteiger partial charge in [0.15, 0.2) is 0 Å². The van der Waals surface area contributed by atoms with Crippen molar-refractivity contribution >= 4 is 6.09 Å². The van der Waals surface area contributed by atoms with Gasteiger partial charge in [-0.05, 0) is 45.4 Å². The first-order valence-electron chi connectivity index (χ1n) is 6.84. The molecule has 0 rings (SSSR count). The summed E-state index contributed by atoms with van der Waals surface area (Å²) in [5, 5.41) is 11.9. The molecule has 4 nitrogen and oxygen atoms in total. The fraction of sp³-hybridized carbons (Fsp3) is 0.929. The van der Waals surface area contributed by atoms with Crippen molar-refractivity contribution in [2.75, 3.05) is 13.2 Å². The summed E-state index contributed by atoms with van der Waals surface area (Å²) < 4.78 is 5.13. The van der Waals surface area contributed by atoms with Crippen LogP contribution in [-0.2, 0) is 4.74 Å². The molecule has 2 N–H and O–H groups in total. The van der Waals surface area contributed by atoms with Crippen molar-refractivity contribution in [3.63, 3.8) is 0 Å². The number of rotatable bonds is 7. The number of carbonyl (C=O) groups excluding carboxylic acids is 1. The van der Waals surface area contributed by atoms with E-state index in [0.29, 0.717) is 18.4 Å². The van der Waals surface area contributed by atoms with Crippen molar-refractivity contribution in [1.82, 2.24) is 5.32 Å². The Kier molecular flexibility index (Phi) is 8.00. The largest absolute Gasteiger partial charge is 0.444 e. The van der Waals surface area contributed by atoms with Crippen LogP contribution in [0.1, 0.15) is 53.9 Å². The van der Waals surface area contributed by atoms with Gasteiger partial charge in [-0.2, -0.15) is 0 Å². The standard InChI is InChI=1S/C14H29NO3/c1-11(2)12(10-16)8-6-7-9-15-13(17)18-14(3,4)5/h11-12,16H,6-10H2,1-5H3,(H,15,17). The fourth-order valence-electron chi connectivity index (χ4n) is 1.67. The summed E-state index contributed by atoms with van der Waals surface area (Å²) in [7, 11) is 0. The first-order valence-corrected chi connectivity index (χ1v) is 6.84. The summed E-state index contributed by atoms with van der Waals surface area (Å²) >= 11 is 0. The molecule has 0 aliphatic heterocycles. The minimum Gasteiger partial charge on any atom is -0.444 e. The third kappa shape index (κ3) is 9.28. The number of unbranched alkanes of at least 4 members (excludes halogenated alkanes) is 1. The highest BCUT2D eigenvalue weighted by Gasteiger charge is 2.15. The van der Waals surface area contributed by atoms with Crippen LogP contribution in [0.15, 0.2) is 0 Å². The predicted molar refractivity (Wildman–Crippen MR) is 73.5 cm³/mol. The molecule has 1 unspecified atom stereocenters. The molecule has 0 aromatic rings. The second kappa shape index (κ2) is 8.35. The molecule has 0 spiro atoms. The second-order valence-electron chi connectivity index (χ2n) is 6.11. The maximum absolute atomic E-state index is 11.3. The molecule has 0 fully saturated rings. The van der Waals surface area contributed by atoms with Crippen molar-refractivity contribution in [1.29, 1.82) is 0 Å². The van der Waals surface area contributed by atoms with Gasteiger partial charge in [-0.3, -0.25) is 0 Å². The maximum Gasteiger partial charge on any atom is 0.407 e. The minimum atomic E-state index is -0.441. The Hall–Kier alpha value is -0.770. The zero-order chi connectivity index (χ0) is 14.2. The van der Waals surface area contributed by atoms with E-state index in [1.54, 1.807) is 0 Å². The molecule has 0 bridgehead atoms. The lowest BCUT2D eigenvalue weighted by Gasteiger charge is -2.20. The molecule has 0 heterocycles. The van der Waals surface area contributed by atoms with Crippen molar-refractivity contribution < 1.29 is 14.6 Å². The highest BCUT2D eigenvalue weighted by molar-refractivity contribution is 5.67. The van der Waals surface area contributed by atoms with Crippen LogP contribution in [0, 0.1) is 11.8 Å². The number of hydrogen-bond donors (Lipinski definition) is 2. The van der Waals surface area contributed by atoms with Gasteiger partial charge in [0.05, 0.1) is 0 Å². The smallest absolute Gasteiger partial charge is 0.407 e. The third-order valence-electron chi connectivity index (χ3n) is 2.85. The molecule has 0 aromatic carbocycles. The van der Waals surface area contributed by atoms with Gasteiger partial charge in [0.2, 0.25) is 0 Å². The van der Waals surface area contributed by atoms with E-state index in [4.69, 9.17) is 4.74 Å². The van der Waals surface area contributed by atoms with Crippen LogP contribution in [0.5, 0.6) is 0 Å². The minimum absolute atomic E-state index is 0.247. The van der Waals surface area contributed by atoms with E-state index < -0.39 is 5.60 Å². The van der Waals surface area contributed by atoms with Crippen LogP contribution < -0.4 is 5.32 Å². The van der Waals surface area contributed by atoms with Crippen LogP contribution in [0.3, 0.4) is 0 Å². The van der Waals surface area contributed by atoms with E-state index in [9.17, 15) is 9.90 Å². The van der Waals surface area contributed by atoms with Crippen LogP contribution >= 0.6 is 0 Å². The van der Waals surface area contributed by atoms with Crippen LogP contribution in [0.25, 0.3) is 0 Å². The Morgan fingerprint density at radius 1 is 1.28 bits per heavy atom. The van der Waals surface area contributed by atoms with Gasteiger partial charge in [0, 0.05) is 13.2 Å². The Morgan fingerprint density at radius 3 is 2.33 bits per heavy atom. The Balaban J connectivity index is 3.59. The summed E-state index contributed by atoms with van der Waals surface area (Å²) in [5.41, 5.74) is -0.441. The van der Waals surface area contributed by atoms with Gasteiger partial charge >= 0.3 is 6.09 Å². The van der Waals surface area contributed by atoms with Crippen molar-refractivity contribution in [3.05, 3.63) is 0 Å². The fourth-order valence-corrected chi connectivity index (χ4v) is 1.67. The summed E-state index contributed by atoms with van der Waals surface area (Å²) in [6.45, 7) is 10.7. The lowest BCUT2D eigenvalue weighted by atomic mass is 9.91. The van der Waals surface area contributed by atoms with Gasteiger partial charge < -0.3 is 15.2 Å². The topological polar surface area (TPSA) is 58.6 Å². The Labute approximate surface area is 111 Å². The molecule has 108 valence electrons. The Bertz CT molecular complexity index is 234. The van der Waals surface area contributed by atoms with Crippen LogP contribution in [0.4, 0.5) is 4.79 Å². The SMILES string of the molecule is CC(C)C(CO)CCCCNC(=O)OC(C)(C)C.